The number of carbonyl (C=O) groups is 2. The van der Waals surface area contributed by atoms with Crippen LogP contribution >= 0.6 is 0 Å². The third-order valence-electron chi connectivity index (χ3n) is 1.93. The first-order chi connectivity index (χ1) is 8.90. The van der Waals surface area contributed by atoms with Crippen molar-refractivity contribution >= 4 is 11.8 Å². The summed E-state index contributed by atoms with van der Waals surface area (Å²) < 4.78 is 0. The van der Waals surface area contributed by atoms with Crippen molar-refractivity contribution in [2.45, 2.75) is 53.4 Å². The van der Waals surface area contributed by atoms with Gasteiger partial charge in [-0.1, -0.05) is 55.7 Å². The van der Waals surface area contributed by atoms with Crippen LogP contribution in [0.4, 0.5) is 0 Å². The Labute approximate surface area is 116 Å². The molecule has 0 saturated carbocycles. The fourth-order valence-corrected chi connectivity index (χ4v) is 1.06. The minimum atomic E-state index is -0.682. The first kappa shape index (κ1) is 19.7. The smallest absolute Gasteiger partial charge is 0.303 e. The molecule has 0 amide bonds. The SMILES string of the molecule is CC(C)=O.CCCCCC(=O)O.Cc1ccccc1. The molecule has 0 aliphatic rings. The van der Waals surface area contributed by atoms with Gasteiger partial charge in [0.25, 0.3) is 0 Å². The molecule has 0 radical (unpaired) electrons. The highest BCUT2D eigenvalue weighted by molar-refractivity contribution is 5.72. The summed E-state index contributed by atoms with van der Waals surface area (Å²) in [6, 6.07) is 10.3. The Balaban J connectivity index is 0. The summed E-state index contributed by atoms with van der Waals surface area (Å²) in [5, 5.41) is 8.14. The number of hydrogen-bond acceptors (Lipinski definition) is 2. The molecular weight excluding hydrogens is 240 g/mol. The van der Waals surface area contributed by atoms with Gasteiger partial charge < -0.3 is 9.90 Å². The second kappa shape index (κ2) is 14.4. The Bertz CT molecular complexity index is 327. The average Bonchev–Trinajstić information content (AvgIpc) is 2.30. The maximum atomic E-state index is 9.87. The molecule has 1 aromatic carbocycles. The predicted molar refractivity (Wildman–Crippen MR) is 79.3 cm³/mol. The third kappa shape index (κ3) is 26.1. The van der Waals surface area contributed by atoms with Crippen LogP contribution in [0.3, 0.4) is 0 Å². The van der Waals surface area contributed by atoms with E-state index in [1.165, 1.54) is 19.4 Å². The lowest BCUT2D eigenvalue weighted by atomic mass is 10.2. The molecule has 3 nitrogen and oxygen atoms in total. The lowest BCUT2D eigenvalue weighted by Crippen LogP contribution is -1.92. The molecule has 0 spiro atoms. The highest BCUT2D eigenvalue weighted by atomic mass is 16.4. The first-order valence-corrected chi connectivity index (χ1v) is 6.60. The number of carbonyl (C=O) groups excluding carboxylic acids is 1. The zero-order valence-electron chi connectivity index (χ0n) is 12.5. The van der Waals surface area contributed by atoms with Crippen molar-refractivity contribution in [2.24, 2.45) is 0 Å². The monoisotopic (exact) mass is 266 g/mol. The molecule has 1 rings (SSSR count). The molecule has 0 aromatic heterocycles. The summed E-state index contributed by atoms with van der Waals surface area (Å²) in [6.07, 6.45) is 3.28. The lowest BCUT2D eigenvalue weighted by molar-refractivity contribution is -0.137. The first-order valence-electron chi connectivity index (χ1n) is 6.60. The number of Topliss-reactive ketones (excluding diaryl/α,β-unsaturated/α-hetero) is 1. The van der Waals surface area contributed by atoms with Gasteiger partial charge in [-0.25, -0.2) is 0 Å². The Morgan fingerprint density at radius 1 is 1.05 bits per heavy atom. The summed E-state index contributed by atoms with van der Waals surface area (Å²) >= 11 is 0. The highest BCUT2D eigenvalue weighted by Crippen LogP contribution is 1.97. The van der Waals surface area contributed by atoms with Crippen LogP contribution in [0.25, 0.3) is 0 Å². The van der Waals surface area contributed by atoms with Gasteiger partial charge in [-0.3, -0.25) is 4.79 Å². The molecule has 108 valence electrons. The quantitative estimate of drug-likeness (QED) is 0.829. The van der Waals surface area contributed by atoms with Crippen molar-refractivity contribution in [3.05, 3.63) is 35.9 Å². The standard InChI is InChI=1S/C7H8.C6H12O2.C3H6O/c1-7-5-3-2-4-6-7;1-2-3-4-5-6(7)8;1-3(2)4/h2-6H,1H3;2-5H2,1H3,(H,7,8);1-2H3. The average molecular weight is 266 g/mol. The van der Waals surface area contributed by atoms with Gasteiger partial charge in [-0.15, -0.1) is 0 Å². The van der Waals surface area contributed by atoms with E-state index in [1.807, 2.05) is 18.2 Å². The zero-order chi connectivity index (χ0) is 15.1. The van der Waals surface area contributed by atoms with E-state index >= 15 is 0 Å². The fourth-order valence-electron chi connectivity index (χ4n) is 1.06. The van der Waals surface area contributed by atoms with Crippen molar-refractivity contribution in [2.75, 3.05) is 0 Å². The minimum absolute atomic E-state index is 0.167. The van der Waals surface area contributed by atoms with Crippen molar-refractivity contribution in [3.63, 3.8) is 0 Å². The normalized spacial score (nSPS) is 8.42. The number of benzene rings is 1. The van der Waals surface area contributed by atoms with Gasteiger partial charge in [-0.2, -0.15) is 0 Å². The summed E-state index contributed by atoms with van der Waals surface area (Å²) in [6.45, 7) is 7.20. The second-order valence-electron chi connectivity index (χ2n) is 4.41. The number of carboxylic acids is 1. The van der Waals surface area contributed by atoms with Crippen molar-refractivity contribution in [1.82, 2.24) is 0 Å². The van der Waals surface area contributed by atoms with Gasteiger partial charge in [0.05, 0.1) is 0 Å². The maximum Gasteiger partial charge on any atom is 0.303 e. The Morgan fingerprint density at radius 3 is 1.79 bits per heavy atom. The number of aryl methyl sites for hydroxylation is 1. The van der Waals surface area contributed by atoms with Gasteiger partial charge in [0, 0.05) is 6.42 Å². The van der Waals surface area contributed by atoms with E-state index in [9.17, 15) is 9.59 Å². The van der Waals surface area contributed by atoms with Gasteiger partial charge in [0.15, 0.2) is 0 Å². The van der Waals surface area contributed by atoms with Crippen molar-refractivity contribution in [3.8, 4) is 0 Å². The summed E-state index contributed by atoms with van der Waals surface area (Å²) in [4.78, 5) is 19.3. The van der Waals surface area contributed by atoms with Crippen LogP contribution in [0.2, 0.25) is 0 Å². The molecule has 19 heavy (non-hydrogen) atoms. The van der Waals surface area contributed by atoms with Gasteiger partial charge in [-0.05, 0) is 27.2 Å². The molecule has 0 heterocycles. The predicted octanol–water partition coefficient (Wildman–Crippen LogP) is 4.24. The van der Waals surface area contributed by atoms with Crippen LogP contribution in [0, 0.1) is 6.92 Å². The number of rotatable bonds is 4. The van der Waals surface area contributed by atoms with Crippen LogP contribution in [0.15, 0.2) is 30.3 Å². The zero-order valence-corrected chi connectivity index (χ0v) is 12.5. The Hall–Kier alpha value is -1.64. The van der Waals surface area contributed by atoms with Crippen LogP contribution < -0.4 is 0 Å². The Kier molecular flexibility index (Phi) is 14.9. The molecule has 0 bridgehead atoms. The van der Waals surface area contributed by atoms with Gasteiger partial charge >= 0.3 is 5.97 Å². The van der Waals surface area contributed by atoms with Crippen LogP contribution in [0.5, 0.6) is 0 Å². The fraction of sp³-hybridized carbons (Fsp3) is 0.500. The van der Waals surface area contributed by atoms with Crippen LogP contribution in [-0.2, 0) is 9.59 Å². The molecule has 0 fully saturated rings. The van der Waals surface area contributed by atoms with E-state index in [0.717, 1.165) is 19.3 Å². The molecule has 0 aliphatic heterocycles. The van der Waals surface area contributed by atoms with E-state index in [1.54, 1.807) is 0 Å². The van der Waals surface area contributed by atoms with Crippen molar-refractivity contribution in [1.29, 1.82) is 0 Å². The van der Waals surface area contributed by atoms with Gasteiger partial charge in [0.1, 0.15) is 5.78 Å². The molecule has 0 atom stereocenters. The molecule has 0 aliphatic carbocycles. The van der Waals surface area contributed by atoms with E-state index in [-0.39, 0.29) is 5.78 Å². The largest absolute Gasteiger partial charge is 0.481 e. The number of aliphatic carboxylic acids is 1. The van der Waals surface area contributed by atoms with Crippen molar-refractivity contribution < 1.29 is 14.7 Å². The summed E-state index contributed by atoms with van der Waals surface area (Å²) in [5.74, 6) is -0.515. The van der Waals surface area contributed by atoms with Crippen LogP contribution in [0.1, 0.15) is 52.0 Å². The molecule has 1 N–H and O–H groups in total. The minimum Gasteiger partial charge on any atom is -0.481 e. The van der Waals surface area contributed by atoms with E-state index < -0.39 is 5.97 Å². The van der Waals surface area contributed by atoms with E-state index in [4.69, 9.17) is 5.11 Å². The lowest BCUT2D eigenvalue weighted by Gasteiger charge is -1.89. The number of hydrogen-bond donors (Lipinski definition) is 1. The van der Waals surface area contributed by atoms with Gasteiger partial charge in [0.2, 0.25) is 0 Å². The summed E-state index contributed by atoms with van der Waals surface area (Å²) in [7, 11) is 0. The third-order valence-corrected chi connectivity index (χ3v) is 1.93. The van der Waals surface area contributed by atoms with E-state index in [2.05, 4.69) is 26.0 Å². The molecule has 1 aromatic rings. The number of unbranched alkanes of at least 4 members (excludes halogenated alkanes) is 2. The Morgan fingerprint density at radius 2 is 1.53 bits per heavy atom. The molecular formula is C16H26O3. The topological polar surface area (TPSA) is 54.4 Å². The summed E-state index contributed by atoms with van der Waals surface area (Å²) in [5.41, 5.74) is 1.32. The van der Waals surface area contributed by atoms with E-state index in [0.29, 0.717) is 6.42 Å². The maximum absolute atomic E-state index is 9.87. The molecule has 3 heteroatoms. The number of carboxylic acid groups (broad SMARTS) is 1. The van der Waals surface area contributed by atoms with Crippen LogP contribution in [-0.4, -0.2) is 16.9 Å². The number of ketones is 1. The molecule has 0 unspecified atom stereocenters. The molecule has 0 saturated heterocycles. The second-order valence-corrected chi connectivity index (χ2v) is 4.41. The highest BCUT2D eigenvalue weighted by Gasteiger charge is 1.92.